The summed E-state index contributed by atoms with van der Waals surface area (Å²) in [6.07, 6.45) is 0. The monoisotopic (exact) mass is 387 g/mol. The number of benzene rings is 3. The van der Waals surface area contributed by atoms with E-state index in [9.17, 15) is 9.59 Å². The van der Waals surface area contributed by atoms with E-state index in [0.717, 1.165) is 27.6 Å². The van der Waals surface area contributed by atoms with Crippen molar-refractivity contribution in [2.24, 2.45) is 0 Å². The second-order valence-electron chi connectivity index (χ2n) is 6.97. The van der Waals surface area contributed by atoms with Gasteiger partial charge in [-0.3, -0.25) is 0 Å². The third-order valence-electron chi connectivity index (χ3n) is 5.25. The molecule has 1 atom stereocenters. The highest BCUT2D eigenvalue weighted by atomic mass is 16.5. The summed E-state index contributed by atoms with van der Waals surface area (Å²) < 4.78 is 10.1. The molecule has 0 saturated heterocycles. The van der Waals surface area contributed by atoms with Gasteiger partial charge in [-0.25, -0.2) is 9.59 Å². The van der Waals surface area contributed by atoms with Crippen LogP contribution in [0.3, 0.4) is 0 Å². The van der Waals surface area contributed by atoms with E-state index in [1.54, 1.807) is 0 Å². The minimum Gasteiger partial charge on any atom is -0.466 e. The van der Waals surface area contributed by atoms with Gasteiger partial charge in [0.2, 0.25) is 0 Å². The molecule has 1 aliphatic rings. The van der Waals surface area contributed by atoms with Crippen molar-refractivity contribution in [1.82, 2.24) is 0 Å². The van der Waals surface area contributed by atoms with Crippen LogP contribution in [0.15, 0.2) is 66.2 Å². The summed E-state index contributed by atoms with van der Waals surface area (Å²) in [5, 5.41) is 5.48. The lowest BCUT2D eigenvalue weighted by Crippen LogP contribution is -2.28. The highest BCUT2D eigenvalue weighted by Crippen LogP contribution is 2.44. The molecule has 1 aliphatic heterocycles. The van der Waals surface area contributed by atoms with Gasteiger partial charge in [0.15, 0.2) is 0 Å². The van der Waals surface area contributed by atoms with E-state index in [2.05, 4.69) is 5.32 Å². The predicted octanol–water partition coefficient (Wildman–Crippen LogP) is 4.41. The Morgan fingerprint density at radius 3 is 2.24 bits per heavy atom. The molecule has 0 saturated carbocycles. The smallest absolute Gasteiger partial charge is 0.339 e. The van der Waals surface area contributed by atoms with E-state index < -0.39 is 18.0 Å². The van der Waals surface area contributed by atoms with Crippen LogP contribution in [0.1, 0.15) is 22.7 Å². The normalized spacial score (nSPS) is 15.5. The standard InChI is InChI=1S/C24H21NO4/c1-14-8-10-16(11-9-14)21-20(24(27)29-3)19(23(26)28-2)18-13-12-15-6-4-5-7-17(15)22(18)25-21/h4-13,21,25H,1-3H3. The van der Waals surface area contributed by atoms with E-state index in [0.29, 0.717) is 5.56 Å². The lowest BCUT2D eigenvalue weighted by molar-refractivity contribution is -0.138. The summed E-state index contributed by atoms with van der Waals surface area (Å²) in [5.74, 6) is -1.14. The Kier molecular flexibility index (Phi) is 4.80. The first-order chi connectivity index (χ1) is 14.0. The maximum atomic E-state index is 12.8. The topological polar surface area (TPSA) is 64.6 Å². The van der Waals surface area contributed by atoms with Gasteiger partial charge in [0, 0.05) is 10.9 Å². The molecule has 3 aromatic rings. The number of rotatable bonds is 3. The summed E-state index contributed by atoms with van der Waals surface area (Å²) in [4.78, 5) is 25.6. The first-order valence-corrected chi connectivity index (χ1v) is 9.31. The van der Waals surface area contributed by atoms with Crippen LogP contribution >= 0.6 is 0 Å². The molecular formula is C24H21NO4. The zero-order valence-corrected chi connectivity index (χ0v) is 16.5. The molecule has 0 radical (unpaired) electrons. The van der Waals surface area contributed by atoms with Crippen LogP contribution in [0.4, 0.5) is 5.69 Å². The minimum atomic E-state index is -0.569. The van der Waals surface area contributed by atoms with Crippen LogP contribution in [0.2, 0.25) is 0 Å². The van der Waals surface area contributed by atoms with Gasteiger partial charge in [-0.05, 0) is 17.9 Å². The van der Waals surface area contributed by atoms with Crippen molar-refractivity contribution in [3.8, 4) is 0 Å². The average molecular weight is 387 g/mol. The van der Waals surface area contributed by atoms with Gasteiger partial charge in [-0.2, -0.15) is 0 Å². The van der Waals surface area contributed by atoms with Gasteiger partial charge in [0.05, 0.1) is 37.1 Å². The molecule has 3 aromatic carbocycles. The number of esters is 2. The van der Waals surface area contributed by atoms with Crippen molar-refractivity contribution >= 4 is 34.0 Å². The first-order valence-electron chi connectivity index (χ1n) is 9.31. The van der Waals surface area contributed by atoms with Gasteiger partial charge >= 0.3 is 11.9 Å². The molecule has 1 heterocycles. The summed E-state index contributed by atoms with van der Waals surface area (Å²) in [5.41, 5.74) is 3.85. The van der Waals surface area contributed by atoms with Gasteiger partial charge in [-0.1, -0.05) is 66.2 Å². The quantitative estimate of drug-likeness (QED) is 0.674. The van der Waals surface area contributed by atoms with E-state index in [-0.39, 0.29) is 11.1 Å². The van der Waals surface area contributed by atoms with E-state index in [1.165, 1.54) is 14.2 Å². The van der Waals surface area contributed by atoms with Crippen molar-refractivity contribution in [2.75, 3.05) is 19.5 Å². The maximum Gasteiger partial charge on any atom is 0.339 e. The Bertz CT molecular complexity index is 1150. The number of ether oxygens (including phenoxy) is 2. The lowest BCUT2D eigenvalue weighted by Gasteiger charge is -2.31. The van der Waals surface area contributed by atoms with Crippen LogP contribution in [-0.4, -0.2) is 26.2 Å². The molecule has 0 aromatic heterocycles. The lowest BCUT2D eigenvalue weighted by atomic mass is 9.84. The molecular weight excluding hydrogens is 366 g/mol. The van der Waals surface area contributed by atoms with Crippen LogP contribution in [0.25, 0.3) is 16.3 Å². The molecule has 0 fully saturated rings. The first kappa shape index (κ1) is 18.7. The van der Waals surface area contributed by atoms with Crippen molar-refractivity contribution in [1.29, 1.82) is 0 Å². The van der Waals surface area contributed by atoms with Crippen LogP contribution in [-0.2, 0) is 19.1 Å². The van der Waals surface area contributed by atoms with Gasteiger partial charge < -0.3 is 14.8 Å². The fourth-order valence-electron chi connectivity index (χ4n) is 3.80. The highest BCUT2D eigenvalue weighted by Gasteiger charge is 2.37. The Hall–Kier alpha value is -3.60. The van der Waals surface area contributed by atoms with Crippen molar-refractivity contribution in [2.45, 2.75) is 13.0 Å². The molecule has 0 amide bonds. The molecule has 0 bridgehead atoms. The number of nitrogens with one attached hydrogen (secondary N) is 1. The number of carbonyl (C=O) groups is 2. The van der Waals surface area contributed by atoms with Crippen LogP contribution < -0.4 is 5.32 Å². The summed E-state index contributed by atoms with van der Waals surface area (Å²) in [7, 11) is 2.63. The Morgan fingerprint density at radius 1 is 0.862 bits per heavy atom. The van der Waals surface area contributed by atoms with Crippen molar-refractivity contribution < 1.29 is 19.1 Å². The molecule has 0 aliphatic carbocycles. The molecule has 0 spiro atoms. The Morgan fingerprint density at radius 2 is 1.55 bits per heavy atom. The molecule has 5 heteroatoms. The van der Waals surface area contributed by atoms with Gasteiger partial charge in [0.1, 0.15) is 0 Å². The zero-order chi connectivity index (χ0) is 20.5. The number of anilines is 1. The van der Waals surface area contributed by atoms with Crippen molar-refractivity contribution in [3.63, 3.8) is 0 Å². The molecule has 146 valence electrons. The number of fused-ring (bicyclic) bond motifs is 3. The number of methoxy groups -OCH3 is 2. The fourth-order valence-corrected chi connectivity index (χ4v) is 3.80. The number of carbonyl (C=O) groups excluding carboxylic acids is 2. The fraction of sp³-hybridized carbons (Fsp3) is 0.167. The van der Waals surface area contributed by atoms with E-state index in [4.69, 9.17) is 9.47 Å². The Balaban J connectivity index is 2.05. The summed E-state index contributed by atoms with van der Waals surface area (Å²) in [6.45, 7) is 2.00. The molecule has 1 N–H and O–H groups in total. The van der Waals surface area contributed by atoms with E-state index in [1.807, 2.05) is 67.6 Å². The maximum absolute atomic E-state index is 12.8. The average Bonchev–Trinajstić information content (AvgIpc) is 2.77. The molecule has 29 heavy (non-hydrogen) atoms. The number of hydrogen-bond acceptors (Lipinski definition) is 5. The largest absolute Gasteiger partial charge is 0.466 e. The number of hydrogen-bond donors (Lipinski definition) is 1. The second-order valence-corrected chi connectivity index (χ2v) is 6.97. The molecule has 1 unspecified atom stereocenters. The van der Waals surface area contributed by atoms with E-state index >= 15 is 0 Å². The Labute approximate surface area is 168 Å². The predicted molar refractivity (Wildman–Crippen MR) is 112 cm³/mol. The zero-order valence-electron chi connectivity index (χ0n) is 16.5. The third kappa shape index (κ3) is 3.14. The summed E-state index contributed by atoms with van der Waals surface area (Å²) >= 11 is 0. The highest BCUT2D eigenvalue weighted by molar-refractivity contribution is 6.27. The van der Waals surface area contributed by atoms with Crippen LogP contribution in [0, 0.1) is 6.92 Å². The summed E-state index contributed by atoms with van der Waals surface area (Å²) in [6, 6.07) is 19.0. The van der Waals surface area contributed by atoms with Crippen LogP contribution in [0.5, 0.6) is 0 Å². The van der Waals surface area contributed by atoms with Gasteiger partial charge in [0.25, 0.3) is 0 Å². The molecule has 5 nitrogen and oxygen atoms in total. The third-order valence-corrected chi connectivity index (χ3v) is 5.25. The van der Waals surface area contributed by atoms with Crippen molar-refractivity contribution in [3.05, 3.63) is 82.9 Å². The SMILES string of the molecule is COC(=O)C1=C(C(=O)OC)C(c2ccc(C)cc2)Nc2c1ccc1ccccc21. The second kappa shape index (κ2) is 7.43. The minimum absolute atomic E-state index is 0.226. The number of aryl methyl sites for hydroxylation is 1. The van der Waals surface area contributed by atoms with Gasteiger partial charge in [-0.15, -0.1) is 0 Å². The molecule has 4 rings (SSSR count).